The van der Waals surface area contributed by atoms with Crippen molar-refractivity contribution in [2.75, 3.05) is 19.9 Å². The molecule has 2 N–H and O–H groups in total. The van der Waals surface area contributed by atoms with E-state index in [0.717, 1.165) is 27.8 Å². The molecule has 1 fully saturated rings. The van der Waals surface area contributed by atoms with Crippen LogP contribution in [-0.2, 0) is 30.4 Å². The lowest BCUT2D eigenvalue weighted by atomic mass is 9.82. The van der Waals surface area contributed by atoms with Crippen molar-refractivity contribution in [1.29, 1.82) is 0 Å². The fourth-order valence-electron chi connectivity index (χ4n) is 4.85. The molecular formula is C30H30N2O6. The first-order valence-corrected chi connectivity index (χ1v) is 12.8. The predicted octanol–water partition coefficient (Wildman–Crippen LogP) is 4.14. The first-order chi connectivity index (χ1) is 18.6. The summed E-state index contributed by atoms with van der Waals surface area (Å²) in [6.07, 6.45) is 0.349. The molecule has 0 spiro atoms. The number of hydrogen-bond donors (Lipinski definition) is 2. The van der Waals surface area contributed by atoms with Gasteiger partial charge in [-0.1, -0.05) is 78.9 Å². The number of esters is 1. The number of fused-ring (bicyclic) bond motifs is 3. The van der Waals surface area contributed by atoms with E-state index in [1.165, 1.54) is 0 Å². The van der Waals surface area contributed by atoms with Gasteiger partial charge in [0.25, 0.3) is 0 Å². The predicted molar refractivity (Wildman–Crippen MR) is 140 cm³/mol. The Bertz CT molecular complexity index is 1240. The molecule has 3 aromatic rings. The number of benzene rings is 3. The number of amides is 2. The fourth-order valence-corrected chi connectivity index (χ4v) is 4.85. The maximum Gasteiger partial charge on any atom is 0.407 e. The standard InChI is InChI=1S/C30H30N2O6/c33-28(32-19-38-22-14-21(15-22)29(34)36-17-20-8-2-1-3-9-20)16-31-30(35)37-18-27-25-12-6-4-10-23(25)24-11-5-7-13-26(24)27/h1-13,21-22,27H,14-19H2,(H,31,35)(H,32,33)/t21-,22+. The van der Waals surface area contributed by atoms with Crippen molar-refractivity contribution in [3.05, 3.63) is 95.6 Å². The highest BCUT2D eigenvalue weighted by atomic mass is 16.5. The molecule has 5 rings (SSSR count). The summed E-state index contributed by atoms with van der Waals surface area (Å²) in [5, 5.41) is 5.08. The minimum Gasteiger partial charge on any atom is -0.461 e. The van der Waals surface area contributed by atoms with Gasteiger partial charge in [-0.15, -0.1) is 0 Å². The Morgan fingerprint density at radius 2 is 1.39 bits per heavy atom. The van der Waals surface area contributed by atoms with Crippen molar-refractivity contribution in [3.8, 4) is 11.1 Å². The van der Waals surface area contributed by atoms with Crippen molar-refractivity contribution in [2.45, 2.75) is 31.5 Å². The fraction of sp³-hybridized carbons (Fsp3) is 0.300. The zero-order valence-corrected chi connectivity index (χ0v) is 20.9. The van der Waals surface area contributed by atoms with Crippen molar-refractivity contribution in [3.63, 3.8) is 0 Å². The van der Waals surface area contributed by atoms with Crippen LogP contribution in [0.25, 0.3) is 11.1 Å². The van der Waals surface area contributed by atoms with Gasteiger partial charge in [0, 0.05) is 5.92 Å². The summed E-state index contributed by atoms with van der Waals surface area (Å²) in [5.74, 6) is -0.853. The highest BCUT2D eigenvalue weighted by molar-refractivity contribution is 5.82. The van der Waals surface area contributed by atoms with Gasteiger partial charge < -0.3 is 24.8 Å². The molecule has 1 saturated carbocycles. The van der Waals surface area contributed by atoms with Gasteiger partial charge in [0.2, 0.25) is 5.91 Å². The second-order valence-electron chi connectivity index (χ2n) is 9.47. The zero-order chi connectivity index (χ0) is 26.3. The van der Waals surface area contributed by atoms with Gasteiger partial charge in [0.05, 0.1) is 12.0 Å². The molecule has 196 valence electrons. The van der Waals surface area contributed by atoms with Crippen LogP contribution in [0.4, 0.5) is 4.79 Å². The van der Waals surface area contributed by atoms with E-state index < -0.39 is 12.0 Å². The summed E-state index contributed by atoms with van der Waals surface area (Å²) >= 11 is 0. The number of ether oxygens (including phenoxy) is 3. The van der Waals surface area contributed by atoms with Crippen LogP contribution in [0.3, 0.4) is 0 Å². The lowest BCUT2D eigenvalue weighted by molar-refractivity contribution is -0.160. The highest BCUT2D eigenvalue weighted by Crippen LogP contribution is 2.44. The summed E-state index contributed by atoms with van der Waals surface area (Å²) in [5.41, 5.74) is 5.50. The SMILES string of the molecule is O=C(CNC(=O)OCC1c2ccccc2-c2ccccc21)NCO[C@H]1C[C@@H](C(=O)OCc2ccccc2)C1. The smallest absolute Gasteiger partial charge is 0.407 e. The summed E-state index contributed by atoms with van der Waals surface area (Å²) in [6, 6.07) is 25.7. The van der Waals surface area contributed by atoms with Crippen LogP contribution in [-0.4, -0.2) is 44.0 Å². The molecule has 38 heavy (non-hydrogen) atoms. The molecule has 8 nitrogen and oxygen atoms in total. The third kappa shape index (κ3) is 6.03. The lowest BCUT2D eigenvalue weighted by Gasteiger charge is -2.33. The Balaban J connectivity index is 0.954. The minimum absolute atomic E-state index is 0.00164. The molecule has 0 unspecified atom stereocenters. The average molecular weight is 515 g/mol. The Morgan fingerprint density at radius 1 is 0.763 bits per heavy atom. The molecule has 0 aromatic heterocycles. The van der Waals surface area contributed by atoms with Crippen molar-refractivity contribution < 1.29 is 28.6 Å². The zero-order valence-electron chi connectivity index (χ0n) is 20.9. The monoisotopic (exact) mass is 514 g/mol. The first kappa shape index (κ1) is 25.5. The molecular weight excluding hydrogens is 484 g/mol. The second kappa shape index (κ2) is 11.9. The Kier molecular flexibility index (Phi) is 7.99. The number of nitrogens with one attached hydrogen (secondary N) is 2. The average Bonchev–Trinajstić information content (AvgIpc) is 3.25. The van der Waals surface area contributed by atoms with Crippen molar-refractivity contribution >= 4 is 18.0 Å². The Morgan fingerprint density at radius 3 is 2.08 bits per heavy atom. The Labute approximate surface area is 221 Å². The molecule has 3 aromatic carbocycles. The summed E-state index contributed by atoms with van der Waals surface area (Å²) < 4.78 is 16.4. The molecule has 0 heterocycles. The van der Waals surface area contributed by atoms with E-state index in [4.69, 9.17) is 14.2 Å². The second-order valence-corrected chi connectivity index (χ2v) is 9.47. The first-order valence-electron chi connectivity index (χ1n) is 12.8. The van der Waals surface area contributed by atoms with Gasteiger partial charge in [-0.3, -0.25) is 9.59 Å². The third-order valence-electron chi connectivity index (χ3n) is 6.98. The maximum absolute atomic E-state index is 12.2. The van der Waals surface area contributed by atoms with E-state index in [1.54, 1.807) is 0 Å². The van der Waals surface area contributed by atoms with Crippen LogP contribution >= 0.6 is 0 Å². The van der Waals surface area contributed by atoms with Gasteiger partial charge in [0.1, 0.15) is 26.5 Å². The van der Waals surface area contributed by atoms with Crippen LogP contribution < -0.4 is 10.6 Å². The van der Waals surface area contributed by atoms with E-state index in [-0.39, 0.29) is 50.4 Å². The molecule has 2 aliphatic carbocycles. The van der Waals surface area contributed by atoms with Crippen LogP contribution in [0.2, 0.25) is 0 Å². The lowest BCUT2D eigenvalue weighted by Crippen LogP contribution is -2.42. The number of hydrogen-bond acceptors (Lipinski definition) is 6. The number of carbonyl (C=O) groups is 3. The maximum atomic E-state index is 12.2. The molecule has 2 aliphatic rings. The minimum atomic E-state index is -0.654. The van der Waals surface area contributed by atoms with Gasteiger partial charge >= 0.3 is 12.1 Å². The largest absolute Gasteiger partial charge is 0.461 e. The topological polar surface area (TPSA) is 103 Å². The normalized spacial score (nSPS) is 17.5. The van der Waals surface area contributed by atoms with Gasteiger partial charge in [0.15, 0.2) is 0 Å². The summed E-state index contributed by atoms with van der Waals surface area (Å²) in [7, 11) is 0. The van der Waals surface area contributed by atoms with E-state index in [9.17, 15) is 14.4 Å². The molecule has 0 aliphatic heterocycles. The van der Waals surface area contributed by atoms with E-state index in [1.807, 2.05) is 66.7 Å². The van der Waals surface area contributed by atoms with Gasteiger partial charge in [-0.05, 0) is 40.7 Å². The molecule has 8 heteroatoms. The number of carbonyl (C=O) groups excluding carboxylic acids is 3. The molecule has 0 radical (unpaired) electrons. The molecule has 0 atom stereocenters. The molecule has 0 bridgehead atoms. The molecule has 0 saturated heterocycles. The van der Waals surface area contributed by atoms with E-state index in [0.29, 0.717) is 12.8 Å². The van der Waals surface area contributed by atoms with E-state index >= 15 is 0 Å². The quantitative estimate of drug-likeness (QED) is 0.312. The Hall–Kier alpha value is -4.17. The van der Waals surface area contributed by atoms with Crippen LogP contribution in [0, 0.1) is 5.92 Å². The summed E-state index contributed by atoms with van der Waals surface area (Å²) in [6.45, 7) is 0.219. The molecule has 2 amide bonds. The van der Waals surface area contributed by atoms with Crippen LogP contribution in [0.1, 0.15) is 35.4 Å². The van der Waals surface area contributed by atoms with Crippen molar-refractivity contribution in [1.82, 2.24) is 10.6 Å². The summed E-state index contributed by atoms with van der Waals surface area (Å²) in [4.78, 5) is 36.4. The van der Waals surface area contributed by atoms with Gasteiger partial charge in [-0.25, -0.2) is 4.79 Å². The highest BCUT2D eigenvalue weighted by Gasteiger charge is 2.36. The van der Waals surface area contributed by atoms with Gasteiger partial charge in [-0.2, -0.15) is 0 Å². The van der Waals surface area contributed by atoms with Crippen LogP contribution in [0.5, 0.6) is 0 Å². The third-order valence-corrected chi connectivity index (χ3v) is 6.98. The van der Waals surface area contributed by atoms with Crippen LogP contribution in [0.15, 0.2) is 78.9 Å². The van der Waals surface area contributed by atoms with Crippen molar-refractivity contribution in [2.24, 2.45) is 5.92 Å². The van der Waals surface area contributed by atoms with E-state index in [2.05, 4.69) is 22.8 Å². The number of alkyl carbamates (subject to hydrolysis) is 1. The number of rotatable bonds is 10.